The largest absolute Gasteiger partial charge is 0.342 e. The van der Waals surface area contributed by atoms with Gasteiger partial charge in [-0.3, -0.25) is 9.69 Å². The van der Waals surface area contributed by atoms with Gasteiger partial charge < -0.3 is 15.1 Å². The molecular weight excluding hydrogens is 364 g/mol. The van der Waals surface area contributed by atoms with Crippen LogP contribution in [0.4, 0.5) is 10.5 Å². The topological polar surface area (TPSA) is 55.9 Å². The number of benzene rings is 1. The van der Waals surface area contributed by atoms with Gasteiger partial charge in [0, 0.05) is 45.0 Å². The normalized spacial score (nSPS) is 15.1. The van der Waals surface area contributed by atoms with Gasteiger partial charge >= 0.3 is 6.03 Å². The number of nitrogens with zero attached hydrogens (tertiary/aromatic N) is 3. The van der Waals surface area contributed by atoms with Crippen LogP contribution in [-0.2, 0) is 4.79 Å². The van der Waals surface area contributed by atoms with Crippen LogP contribution in [-0.4, -0.2) is 72.5 Å². The van der Waals surface area contributed by atoms with Crippen molar-refractivity contribution in [2.75, 3.05) is 51.1 Å². The first-order valence-corrected chi connectivity index (χ1v) is 11.0. The van der Waals surface area contributed by atoms with Crippen LogP contribution in [0.25, 0.3) is 0 Å². The van der Waals surface area contributed by atoms with Gasteiger partial charge in [0.1, 0.15) is 0 Å². The summed E-state index contributed by atoms with van der Waals surface area (Å²) in [4.78, 5) is 31.2. The predicted molar refractivity (Wildman–Crippen MR) is 120 cm³/mol. The lowest BCUT2D eigenvalue weighted by Gasteiger charge is -2.35. The first-order chi connectivity index (χ1) is 13.8. The number of rotatable bonds is 7. The summed E-state index contributed by atoms with van der Waals surface area (Å²) < 4.78 is 0. The minimum atomic E-state index is -0.0466. The molecule has 1 aromatic rings. The van der Waals surface area contributed by atoms with Crippen LogP contribution >= 0.6 is 0 Å². The van der Waals surface area contributed by atoms with Crippen molar-refractivity contribution in [1.82, 2.24) is 14.7 Å². The molecule has 1 fully saturated rings. The highest BCUT2D eigenvalue weighted by molar-refractivity contribution is 5.91. The number of nitrogens with one attached hydrogen (secondary N) is 1. The van der Waals surface area contributed by atoms with Crippen LogP contribution < -0.4 is 5.32 Å². The Balaban J connectivity index is 2.00. The molecule has 1 N–H and O–H groups in total. The fourth-order valence-electron chi connectivity index (χ4n) is 3.86. The van der Waals surface area contributed by atoms with Crippen molar-refractivity contribution in [2.24, 2.45) is 0 Å². The van der Waals surface area contributed by atoms with Crippen LogP contribution in [0.15, 0.2) is 18.2 Å². The van der Waals surface area contributed by atoms with Crippen molar-refractivity contribution < 1.29 is 9.59 Å². The van der Waals surface area contributed by atoms with Crippen LogP contribution in [0, 0.1) is 0 Å². The molecule has 2 rings (SSSR count). The molecule has 0 atom stereocenters. The summed E-state index contributed by atoms with van der Waals surface area (Å²) in [7, 11) is 0. The number of likely N-dealkylation sites (N-methyl/N-ethyl adjacent to an activating group) is 1. The van der Waals surface area contributed by atoms with Gasteiger partial charge in [0.15, 0.2) is 0 Å². The Hall–Kier alpha value is -2.08. The molecule has 3 amide bonds. The van der Waals surface area contributed by atoms with E-state index < -0.39 is 0 Å². The second-order valence-corrected chi connectivity index (χ2v) is 8.38. The highest BCUT2D eigenvalue weighted by Gasteiger charge is 2.25. The summed E-state index contributed by atoms with van der Waals surface area (Å²) in [5.74, 6) is 0.846. The number of urea groups is 1. The van der Waals surface area contributed by atoms with E-state index in [0.717, 1.165) is 31.9 Å². The van der Waals surface area contributed by atoms with Crippen molar-refractivity contribution in [2.45, 2.75) is 53.4 Å². The zero-order valence-corrected chi connectivity index (χ0v) is 19.0. The maximum absolute atomic E-state index is 13.0. The van der Waals surface area contributed by atoms with Gasteiger partial charge in [0.2, 0.25) is 5.91 Å². The second-order valence-electron chi connectivity index (χ2n) is 8.38. The van der Waals surface area contributed by atoms with E-state index in [2.05, 4.69) is 56.1 Å². The molecule has 1 saturated heterocycles. The number of para-hydroxylation sites is 1. The Morgan fingerprint density at radius 1 is 0.966 bits per heavy atom. The summed E-state index contributed by atoms with van der Waals surface area (Å²) in [5, 5.41) is 3.20. The molecule has 1 aromatic carbocycles. The van der Waals surface area contributed by atoms with Crippen molar-refractivity contribution in [1.29, 1.82) is 0 Å². The smallest absolute Gasteiger partial charge is 0.321 e. The average molecular weight is 403 g/mol. The second kappa shape index (κ2) is 10.6. The quantitative estimate of drug-likeness (QED) is 0.751. The average Bonchev–Trinajstić information content (AvgIpc) is 2.69. The maximum Gasteiger partial charge on any atom is 0.321 e. The number of amides is 3. The summed E-state index contributed by atoms with van der Waals surface area (Å²) in [6.07, 6.45) is 0. The summed E-state index contributed by atoms with van der Waals surface area (Å²) in [5.41, 5.74) is 3.31. The minimum absolute atomic E-state index is 0.0466. The van der Waals surface area contributed by atoms with E-state index in [0.29, 0.717) is 31.5 Å². The first kappa shape index (κ1) is 23.2. The Morgan fingerprint density at radius 2 is 1.48 bits per heavy atom. The molecule has 1 aliphatic rings. The monoisotopic (exact) mass is 402 g/mol. The molecule has 0 unspecified atom stereocenters. The number of carbonyl (C=O) groups is 2. The van der Waals surface area contributed by atoms with E-state index in [9.17, 15) is 9.59 Å². The van der Waals surface area contributed by atoms with E-state index in [1.165, 1.54) is 11.1 Å². The van der Waals surface area contributed by atoms with Crippen LogP contribution in [0.2, 0.25) is 0 Å². The number of carbonyl (C=O) groups excluding carboxylic acids is 2. The van der Waals surface area contributed by atoms with E-state index in [1.807, 2.05) is 23.6 Å². The molecule has 0 bridgehead atoms. The lowest BCUT2D eigenvalue weighted by atomic mass is 9.93. The molecular formula is C23H38N4O2. The number of piperazine rings is 1. The van der Waals surface area contributed by atoms with Crippen molar-refractivity contribution >= 4 is 17.6 Å². The lowest BCUT2D eigenvalue weighted by Crippen LogP contribution is -2.52. The molecule has 0 saturated carbocycles. The van der Waals surface area contributed by atoms with Gasteiger partial charge in [-0.05, 0) is 36.8 Å². The lowest BCUT2D eigenvalue weighted by molar-refractivity contribution is -0.132. The SMILES string of the molecule is CCN(CC)C(=O)CN1CCN(C(=O)Nc2c(C(C)C)cccc2C(C)C)CC1. The Kier molecular flexibility index (Phi) is 8.50. The van der Waals surface area contributed by atoms with Crippen molar-refractivity contribution in [3.8, 4) is 0 Å². The van der Waals surface area contributed by atoms with E-state index in [-0.39, 0.29) is 11.9 Å². The molecule has 162 valence electrons. The third-order valence-electron chi connectivity index (χ3n) is 5.74. The van der Waals surface area contributed by atoms with Gasteiger partial charge in [-0.2, -0.15) is 0 Å². The fourth-order valence-corrected chi connectivity index (χ4v) is 3.86. The van der Waals surface area contributed by atoms with Gasteiger partial charge in [0.05, 0.1) is 6.54 Å². The number of hydrogen-bond donors (Lipinski definition) is 1. The Labute approximate surface area is 176 Å². The molecule has 1 heterocycles. The van der Waals surface area contributed by atoms with Gasteiger partial charge in [-0.15, -0.1) is 0 Å². The molecule has 6 nitrogen and oxygen atoms in total. The third kappa shape index (κ3) is 5.95. The summed E-state index contributed by atoms with van der Waals surface area (Å²) in [6.45, 7) is 17.3. The summed E-state index contributed by atoms with van der Waals surface area (Å²) in [6, 6.07) is 6.23. The van der Waals surface area contributed by atoms with Crippen molar-refractivity contribution in [3.05, 3.63) is 29.3 Å². The predicted octanol–water partition coefficient (Wildman–Crippen LogP) is 3.95. The van der Waals surface area contributed by atoms with E-state index in [4.69, 9.17) is 0 Å². The standard InChI is InChI=1S/C23H38N4O2/c1-7-26(8-2)21(28)16-25-12-14-27(15-13-25)23(29)24-22-19(17(3)4)10-9-11-20(22)18(5)6/h9-11,17-18H,7-8,12-16H2,1-6H3,(H,24,29). The maximum atomic E-state index is 13.0. The highest BCUT2D eigenvalue weighted by Crippen LogP contribution is 2.32. The highest BCUT2D eigenvalue weighted by atomic mass is 16.2. The number of hydrogen-bond acceptors (Lipinski definition) is 3. The van der Waals surface area contributed by atoms with Crippen LogP contribution in [0.1, 0.15) is 64.5 Å². The zero-order valence-electron chi connectivity index (χ0n) is 19.0. The summed E-state index contributed by atoms with van der Waals surface area (Å²) >= 11 is 0. The molecule has 0 aromatic heterocycles. The molecule has 29 heavy (non-hydrogen) atoms. The molecule has 0 radical (unpaired) electrons. The molecule has 0 aliphatic carbocycles. The third-order valence-corrected chi connectivity index (χ3v) is 5.74. The van der Waals surface area contributed by atoms with E-state index in [1.54, 1.807) is 0 Å². The van der Waals surface area contributed by atoms with E-state index >= 15 is 0 Å². The molecule has 1 aliphatic heterocycles. The Bertz CT molecular complexity index is 664. The minimum Gasteiger partial charge on any atom is -0.342 e. The zero-order chi connectivity index (χ0) is 21.6. The number of anilines is 1. The van der Waals surface area contributed by atoms with Crippen LogP contribution in [0.5, 0.6) is 0 Å². The van der Waals surface area contributed by atoms with Crippen molar-refractivity contribution in [3.63, 3.8) is 0 Å². The Morgan fingerprint density at radius 3 is 1.93 bits per heavy atom. The molecule has 0 spiro atoms. The van der Waals surface area contributed by atoms with Gasteiger partial charge in [-0.1, -0.05) is 45.9 Å². The van der Waals surface area contributed by atoms with Gasteiger partial charge in [-0.25, -0.2) is 4.79 Å². The first-order valence-electron chi connectivity index (χ1n) is 11.0. The fraction of sp³-hybridized carbons (Fsp3) is 0.652. The van der Waals surface area contributed by atoms with Gasteiger partial charge in [0.25, 0.3) is 0 Å². The molecule has 6 heteroatoms. The van der Waals surface area contributed by atoms with Crippen LogP contribution in [0.3, 0.4) is 0 Å².